The number of carbonyl (C=O) groups is 1. The van der Waals surface area contributed by atoms with Crippen molar-refractivity contribution in [3.8, 4) is 0 Å². The van der Waals surface area contributed by atoms with Gasteiger partial charge in [-0.1, -0.05) is 11.8 Å². The summed E-state index contributed by atoms with van der Waals surface area (Å²) in [7, 11) is 0. The van der Waals surface area contributed by atoms with Crippen molar-refractivity contribution in [2.45, 2.75) is 45.7 Å². The Hall–Kier alpha value is -1.76. The summed E-state index contributed by atoms with van der Waals surface area (Å²) in [5, 5.41) is 7.67. The lowest BCUT2D eigenvalue weighted by molar-refractivity contribution is -0.131. The van der Waals surface area contributed by atoms with Crippen molar-refractivity contribution in [2.75, 3.05) is 19.6 Å². The van der Waals surface area contributed by atoms with Crippen LogP contribution < -0.4 is 0 Å². The molecule has 0 unspecified atom stereocenters. The molecule has 0 atom stereocenters. The Bertz CT molecular complexity index is 743. The number of amides is 1. The van der Waals surface area contributed by atoms with Crippen LogP contribution in [0.3, 0.4) is 0 Å². The lowest BCUT2D eigenvalue weighted by Crippen LogP contribution is -2.38. The Kier molecular flexibility index (Phi) is 3.71. The first kappa shape index (κ1) is 15.7. The zero-order valence-corrected chi connectivity index (χ0v) is 15.3. The second-order valence-corrected chi connectivity index (χ2v) is 8.32. The largest absolute Gasteiger partial charge is 0.338 e. The molecule has 0 N–H and O–H groups in total. The molecule has 1 amide bonds. The van der Waals surface area contributed by atoms with Crippen molar-refractivity contribution in [1.82, 2.24) is 19.6 Å². The van der Waals surface area contributed by atoms with Gasteiger partial charge in [-0.3, -0.25) is 14.5 Å². The van der Waals surface area contributed by atoms with Gasteiger partial charge in [-0.05, 0) is 26.2 Å². The standard InChI is InChI=1S/C17H23N5OS/c1-17(2,3)22-14-4-6-20(10-12(14)9-19-22)15(23)8-13-11-24-16-18-5-7-21(13)16/h9,11H,4-8,10H2,1-3H3. The Morgan fingerprint density at radius 1 is 1.33 bits per heavy atom. The number of rotatable bonds is 2. The highest BCUT2D eigenvalue weighted by atomic mass is 32.2. The minimum Gasteiger partial charge on any atom is -0.338 e. The Morgan fingerprint density at radius 2 is 2.17 bits per heavy atom. The highest BCUT2D eigenvalue weighted by Crippen LogP contribution is 2.32. The number of nitrogens with zero attached hydrogens (tertiary/aromatic N) is 5. The quantitative estimate of drug-likeness (QED) is 0.824. The summed E-state index contributed by atoms with van der Waals surface area (Å²) in [6.45, 7) is 9.68. The number of aromatic nitrogens is 2. The average Bonchev–Trinajstić information content (AvgIpc) is 3.21. The minimum absolute atomic E-state index is 0.0167. The number of hydrogen-bond donors (Lipinski definition) is 0. The molecule has 0 bridgehead atoms. The highest BCUT2D eigenvalue weighted by molar-refractivity contribution is 8.16. The predicted octanol–water partition coefficient (Wildman–Crippen LogP) is 2.17. The van der Waals surface area contributed by atoms with E-state index >= 15 is 0 Å². The second kappa shape index (κ2) is 5.65. The van der Waals surface area contributed by atoms with Crippen molar-refractivity contribution < 1.29 is 4.79 Å². The van der Waals surface area contributed by atoms with E-state index in [2.05, 4.69) is 45.9 Å². The molecule has 0 saturated heterocycles. The molecular weight excluding hydrogens is 322 g/mol. The molecule has 128 valence electrons. The number of amidine groups is 1. The first-order valence-corrected chi connectivity index (χ1v) is 9.33. The van der Waals surface area contributed by atoms with E-state index in [0.29, 0.717) is 13.0 Å². The molecule has 3 aliphatic rings. The van der Waals surface area contributed by atoms with Gasteiger partial charge in [0.2, 0.25) is 5.91 Å². The predicted molar refractivity (Wildman–Crippen MR) is 95.6 cm³/mol. The third-order valence-corrected chi connectivity index (χ3v) is 5.65. The topological polar surface area (TPSA) is 53.7 Å². The summed E-state index contributed by atoms with van der Waals surface area (Å²) >= 11 is 1.63. The maximum absolute atomic E-state index is 12.7. The van der Waals surface area contributed by atoms with Crippen LogP contribution >= 0.6 is 11.8 Å². The van der Waals surface area contributed by atoms with Crippen molar-refractivity contribution in [3.63, 3.8) is 0 Å². The fourth-order valence-corrected chi connectivity index (χ4v) is 4.46. The molecule has 0 spiro atoms. The summed E-state index contributed by atoms with van der Waals surface area (Å²) in [4.78, 5) is 21.3. The van der Waals surface area contributed by atoms with Crippen molar-refractivity contribution >= 4 is 22.8 Å². The molecule has 7 heteroatoms. The molecular formula is C17H23N5OS. The third-order valence-electron chi connectivity index (χ3n) is 4.70. The van der Waals surface area contributed by atoms with Crippen LogP contribution in [0, 0.1) is 0 Å². The van der Waals surface area contributed by atoms with E-state index < -0.39 is 0 Å². The van der Waals surface area contributed by atoms with Gasteiger partial charge in [-0.2, -0.15) is 5.10 Å². The van der Waals surface area contributed by atoms with Crippen molar-refractivity contribution in [1.29, 1.82) is 0 Å². The molecule has 4 rings (SSSR count). The van der Waals surface area contributed by atoms with Crippen LogP contribution in [-0.4, -0.2) is 50.3 Å². The van der Waals surface area contributed by atoms with Crippen LogP contribution in [0.15, 0.2) is 22.3 Å². The first-order valence-electron chi connectivity index (χ1n) is 8.45. The van der Waals surface area contributed by atoms with Gasteiger partial charge in [-0.25, -0.2) is 0 Å². The summed E-state index contributed by atoms with van der Waals surface area (Å²) in [5.74, 6) is 0.198. The average molecular weight is 345 g/mol. The van der Waals surface area contributed by atoms with Crippen LogP contribution in [-0.2, 0) is 23.3 Å². The lowest BCUT2D eigenvalue weighted by Gasteiger charge is -2.30. The van der Waals surface area contributed by atoms with Gasteiger partial charge in [0.15, 0.2) is 5.17 Å². The monoisotopic (exact) mass is 345 g/mol. The van der Waals surface area contributed by atoms with Crippen LogP contribution in [0.25, 0.3) is 0 Å². The van der Waals surface area contributed by atoms with E-state index in [9.17, 15) is 4.79 Å². The molecule has 6 nitrogen and oxygen atoms in total. The fraction of sp³-hybridized carbons (Fsp3) is 0.588. The Morgan fingerprint density at radius 3 is 2.96 bits per heavy atom. The lowest BCUT2D eigenvalue weighted by atomic mass is 10.0. The van der Waals surface area contributed by atoms with E-state index in [1.807, 2.05) is 11.1 Å². The van der Waals surface area contributed by atoms with Crippen molar-refractivity contribution in [2.24, 2.45) is 4.99 Å². The SMILES string of the molecule is CC(C)(C)n1ncc2c1CCN(C(=O)CC1=CSC3=NCCN13)C2. The highest BCUT2D eigenvalue weighted by Gasteiger charge is 2.31. The Labute approximate surface area is 146 Å². The first-order chi connectivity index (χ1) is 11.4. The maximum atomic E-state index is 12.7. The van der Waals surface area contributed by atoms with Crippen LogP contribution in [0.1, 0.15) is 38.4 Å². The van der Waals surface area contributed by atoms with Gasteiger partial charge >= 0.3 is 0 Å². The zero-order chi connectivity index (χ0) is 16.9. The summed E-state index contributed by atoms with van der Waals surface area (Å²) in [6.07, 6.45) is 3.27. The summed E-state index contributed by atoms with van der Waals surface area (Å²) < 4.78 is 2.10. The van der Waals surface area contributed by atoms with E-state index in [1.165, 1.54) is 11.3 Å². The molecule has 3 aliphatic heterocycles. The minimum atomic E-state index is -0.0167. The number of hydrogen-bond acceptors (Lipinski definition) is 5. The molecule has 1 aromatic rings. The van der Waals surface area contributed by atoms with Gasteiger partial charge in [-0.15, -0.1) is 0 Å². The number of fused-ring (bicyclic) bond motifs is 2. The van der Waals surface area contributed by atoms with Gasteiger partial charge in [0, 0.05) is 43.0 Å². The smallest absolute Gasteiger partial charge is 0.228 e. The molecule has 0 saturated carbocycles. The second-order valence-electron chi connectivity index (χ2n) is 7.48. The summed E-state index contributed by atoms with van der Waals surface area (Å²) in [5.41, 5.74) is 3.54. The number of thioether (sulfide) groups is 1. The molecule has 24 heavy (non-hydrogen) atoms. The van der Waals surface area contributed by atoms with Gasteiger partial charge in [0.05, 0.1) is 24.7 Å². The van der Waals surface area contributed by atoms with E-state index in [4.69, 9.17) is 0 Å². The molecule has 0 fully saturated rings. The van der Waals surface area contributed by atoms with E-state index in [0.717, 1.165) is 36.9 Å². The maximum Gasteiger partial charge on any atom is 0.228 e. The fourth-order valence-electron chi connectivity index (χ4n) is 3.50. The molecule has 0 aromatic carbocycles. The van der Waals surface area contributed by atoms with Crippen LogP contribution in [0.5, 0.6) is 0 Å². The molecule has 0 aliphatic carbocycles. The zero-order valence-electron chi connectivity index (χ0n) is 14.4. The van der Waals surface area contributed by atoms with E-state index in [1.54, 1.807) is 11.8 Å². The van der Waals surface area contributed by atoms with E-state index in [-0.39, 0.29) is 11.4 Å². The van der Waals surface area contributed by atoms with Crippen LogP contribution in [0.2, 0.25) is 0 Å². The van der Waals surface area contributed by atoms with Gasteiger partial charge in [0.1, 0.15) is 0 Å². The van der Waals surface area contributed by atoms with Crippen molar-refractivity contribution in [3.05, 3.63) is 28.6 Å². The van der Waals surface area contributed by atoms with Gasteiger partial charge in [0.25, 0.3) is 0 Å². The molecule has 4 heterocycles. The number of aliphatic imine (C=N–C) groups is 1. The molecule has 0 radical (unpaired) electrons. The van der Waals surface area contributed by atoms with Crippen LogP contribution in [0.4, 0.5) is 0 Å². The number of carbonyl (C=O) groups excluding carboxylic acids is 1. The summed E-state index contributed by atoms with van der Waals surface area (Å²) in [6, 6.07) is 0. The third kappa shape index (κ3) is 2.64. The molecule has 1 aromatic heterocycles. The normalized spacial score (nSPS) is 20.0. The van der Waals surface area contributed by atoms with Gasteiger partial charge < -0.3 is 9.80 Å². The Balaban J connectivity index is 1.44.